The smallest absolute Gasteiger partial charge is 0.260 e. The Balaban J connectivity index is 1.75. The molecule has 6 heteroatoms. The summed E-state index contributed by atoms with van der Waals surface area (Å²) in [5.41, 5.74) is 3.32. The van der Waals surface area contributed by atoms with Crippen LogP contribution >= 0.6 is 11.3 Å². The summed E-state index contributed by atoms with van der Waals surface area (Å²) in [6.45, 7) is 5.08. The van der Waals surface area contributed by atoms with Crippen LogP contribution in [-0.2, 0) is 4.74 Å². The number of hydrogen-bond donors (Lipinski definition) is 0. The predicted octanol–water partition coefficient (Wildman–Crippen LogP) is 4.88. The summed E-state index contributed by atoms with van der Waals surface area (Å²) in [7, 11) is 0. The Hall–Kier alpha value is -2.31. The van der Waals surface area contributed by atoms with E-state index < -0.39 is 0 Å². The van der Waals surface area contributed by atoms with Crippen molar-refractivity contribution in [3.63, 3.8) is 0 Å². The van der Waals surface area contributed by atoms with Gasteiger partial charge < -0.3 is 4.74 Å². The highest BCUT2D eigenvalue weighted by Crippen LogP contribution is 2.31. The lowest BCUT2D eigenvalue weighted by Gasteiger charge is -2.24. The van der Waals surface area contributed by atoms with Crippen molar-refractivity contribution in [2.75, 3.05) is 18.1 Å². The largest absolute Gasteiger partial charge is 0.376 e. The molecule has 0 bridgehead atoms. The van der Waals surface area contributed by atoms with Gasteiger partial charge >= 0.3 is 0 Å². The number of hydrogen-bond acceptors (Lipinski definition) is 4. The van der Waals surface area contributed by atoms with Crippen LogP contribution in [0.4, 0.5) is 9.52 Å². The first-order valence-corrected chi connectivity index (χ1v) is 9.90. The monoisotopic (exact) mass is 384 g/mol. The maximum atomic E-state index is 13.6. The van der Waals surface area contributed by atoms with E-state index in [1.807, 2.05) is 32.0 Å². The van der Waals surface area contributed by atoms with E-state index in [0.29, 0.717) is 22.8 Å². The molecule has 1 aliphatic rings. The van der Waals surface area contributed by atoms with Gasteiger partial charge in [-0.05, 0) is 56.5 Å². The summed E-state index contributed by atoms with van der Waals surface area (Å²) >= 11 is 1.33. The fourth-order valence-corrected chi connectivity index (χ4v) is 4.35. The van der Waals surface area contributed by atoms with Crippen LogP contribution in [0, 0.1) is 19.7 Å². The Kier molecular flexibility index (Phi) is 4.93. The lowest BCUT2D eigenvalue weighted by atomic mass is 10.0. The standard InChI is InChI=1S/C21H21FN2O2S/c1-13-5-6-14(2)17(10-13)20(25)24(12-16-4-3-9-26-16)21-23-18-8-7-15(22)11-19(18)27-21/h5-8,10-11,16H,3-4,9,12H2,1-2H3. The summed E-state index contributed by atoms with van der Waals surface area (Å²) < 4.78 is 20.1. The molecular formula is C21H21FN2O2S. The quantitative estimate of drug-likeness (QED) is 0.644. The minimum atomic E-state index is -0.302. The molecule has 1 amide bonds. The third-order valence-electron chi connectivity index (χ3n) is 4.85. The number of carbonyl (C=O) groups is 1. The van der Waals surface area contributed by atoms with Crippen LogP contribution in [-0.4, -0.2) is 30.1 Å². The molecule has 2 heterocycles. The maximum Gasteiger partial charge on any atom is 0.260 e. The zero-order valence-corrected chi connectivity index (χ0v) is 16.2. The highest BCUT2D eigenvalue weighted by atomic mass is 32.1. The molecule has 1 atom stereocenters. The van der Waals surface area contributed by atoms with Crippen molar-refractivity contribution in [3.8, 4) is 0 Å². The number of anilines is 1. The van der Waals surface area contributed by atoms with Gasteiger partial charge in [0.15, 0.2) is 5.13 Å². The molecule has 1 fully saturated rings. The summed E-state index contributed by atoms with van der Waals surface area (Å²) in [5, 5.41) is 0.581. The zero-order valence-electron chi connectivity index (χ0n) is 15.4. The Labute approximate surface area is 161 Å². The molecule has 1 saturated heterocycles. The van der Waals surface area contributed by atoms with Crippen LogP contribution in [0.5, 0.6) is 0 Å². The van der Waals surface area contributed by atoms with Gasteiger partial charge in [0.25, 0.3) is 5.91 Å². The number of carbonyl (C=O) groups excluding carboxylic acids is 1. The third-order valence-corrected chi connectivity index (χ3v) is 5.89. The van der Waals surface area contributed by atoms with Crippen molar-refractivity contribution < 1.29 is 13.9 Å². The number of amides is 1. The highest BCUT2D eigenvalue weighted by molar-refractivity contribution is 7.22. The number of aryl methyl sites for hydroxylation is 2. The van der Waals surface area contributed by atoms with Gasteiger partial charge in [-0.15, -0.1) is 0 Å². The average Bonchev–Trinajstić information content (AvgIpc) is 3.30. The molecule has 1 unspecified atom stereocenters. The van der Waals surface area contributed by atoms with Crippen molar-refractivity contribution in [1.29, 1.82) is 0 Å². The minimum absolute atomic E-state index is 0.00261. The first-order valence-electron chi connectivity index (χ1n) is 9.08. The van der Waals surface area contributed by atoms with E-state index in [4.69, 9.17) is 4.74 Å². The van der Waals surface area contributed by atoms with E-state index >= 15 is 0 Å². The number of fused-ring (bicyclic) bond motifs is 1. The van der Waals surface area contributed by atoms with Crippen LogP contribution in [0.25, 0.3) is 10.2 Å². The summed E-state index contributed by atoms with van der Waals surface area (Å²) in [5.74, 6) is -0.393. The van der Waals surface area contributed by atoms with Gasteiger partial charge in [0.1, 0.15) is 5.82 Å². The second kappa shape index (κ2) is 7.37. The molecule has 4 nitrogen and oxygen atoms in total. The molecular weight excluding hydrogens is 363 g/mol. The van der Waals surface area contributed by atoms with Crippen LogP contribution in [0.15, 0.2) is 36.4 Å². The second-order valence-corrected chi connectivity index (χ2v) is 7.99. The first kappa shape index (κ1) is 18.1. The topological polar surface area (TPSA) is 42.4 Å². The maximum absolute atomic E-state index is 13.6. The lowest BCUT2D eigenvalue weighted by Crippen LogP contribution is -2.37. The molecule has 0 saturated carbocycles. The fourth-order valence-electron chi connectivity index (χ4n) is 3.35. The van der Waals surface area contributed by atoms with Crippen LogP contribution in [0.2, 0.25) is 0 Å². The predicted molar refractivity (Wildman–Crippen MR) is 106 cm³/mol. The fraction of sp³-hybridized carbons (Fsp3) is 0.333. The SMILES string of the molecule is Cc1ccc(C)c(C(=O)N(CC2CCCO2)c2nc3ccc(F)cc3s2)c1. The van der Waals surface area contributed by atoms with E-state index in [9.17, 15) is 9.18 Å². The second-order valence-electron chi connectivity index (χ2n) is 6.98. The number of ether oxygens (including phenoxy) is 1. The molecule has 0 aliphatic carbocycles. The zero-order chi connectivity index (χ0) is 19.0. The summed E-state index contributed by atoms with van der Waals surface area (Å²) in [6, 6.07) is 10.4. The number of nitrogens with zero attached hydrogens (tertiary/aromatic N) is 2. The molecule has 2 aromatic carbocycles. The molecule has 0 N–H and O–H groups in total. The normalized spacial score (nSPS) is 16.8. The van der Waals surface area contributed by atoms with E-state index in [1.54, 1.807) is 11.0 Å². The number of rotatable bonds is 4. The van der Waals surface area contributed by atoms with Crippen LogP contribution in [0.3, 0.4) is 0 Å². The van der Waals surface area contributed by atoms with Gasteiger partial charge in [-0.2, -0.15) is 0 Å². The molecule has 0 spiro atoms. The van der Waals surface area contributed by atoms with Crippen molar-refractivity contribution >= 4 is 32.6 Å². The van der Waals surface area contributed by atoms with Gasteiger partial charge in [-0.3, -0.25) is 9.69 Å². The number of aromatic nitrogens is 1. The lowest BCUT2D eigenvalue weighted by molar-refractivity contribution is 0.0917. The molecule has 0 radical (unpaired) electrons. The Bertz CT molecular complexity index is 995. The Morgan fingerprint density at radius 3 is 2.93 bits per heavy atom. The van der Waals surface area contributed by atoms with E-state index in [1.165, 1.54) is 23.5 Å². The molecule has 3 aromatic rings. The van der Waals surface area contributed by atoms with Gasteiger partial charge in [0.05, 0.1) is 22.9 Å². The molecule has 4 rings (SSSR count). The first-order chi connectivity index (χ1) is 13.0. The van der Waals surface area contributed by atoms with Gasteiger partial charge in [-0.25, -0.2) is 9.37 Å². The van der Waals surface area contributed by atoms with Crippen molar-refractivity contribution in [2.24, 2.45) is 0 Å². The van der Waals surface area contributed by atoms with E-state index in [0.717, 1.165) is 35.3 Å². The van der Waals surface area contributed by atoms with Crippen LogP contribution < -0.4 is 4.90 Å². The number of thiazole rings is 1. The molecule has 140 valence electrons. The van der Waals surface area contributed by atoms with Crippen molar-refractivity contribution in [2.45, 2.75) is 32.8 Å². The van der Waals surface area contributed by atoms with E-state index in [2.05, 4.69) is 4.98 Å². The van der Waals surface area contributed by atoms with Gasteiger partial charge in [0.2, 0.25) is 0 Å². The van der Waals surface area contributed by atoms with Crippen molar-refractivity contribution in [3.05, 3.63) is 58.9 Å². The minimum Gasteiger partial charge on any atom is -0.376 e. The van der Waals surface area contributed by atoms with Gasteiger partial charge in [0, 0.05) is 12.2 Å². The molecule has 27 heavy (non-hydrogen) atoms. The number of halogens is 1. The molecule has 1 aromatic heterocycles. The average molecular weight is 384 g/mol. The highest BCUT2D eigenvalue weighted by Gasteiger charge is 2.27. The van der Waals surface area contributed by atoms with Crippen LogP contribution in [0.1, 0.15) is 34.3 Å². The van der Waals surface area contributed by atoms with E-state index in [-0.39, 0.29) is 17.8 Å². The molecule has 1 aliphatic heterocycles. The van der Waals surface area contributed by atoms with Gasteiger partial charge in [-0.1, -0.05) is 29.0 Å². The third kappa shape index (κ3) is 3.73. The summed E-state index contributed by atoms with van der Waals surface area (Å²) in [4.78, 5) is 19.7. The number of benzene rings is 2. The van der Waals surface area contributed by atoms with Crippen molar-refractivity contribution in [1.82, 2.24) is 4.98 Å². The Morgan fingerprint density at radius 2 is 2.15 bits per heavy atom. The Morgan fingerprint density at radius 1 is 1.30 bits per heavy atom. The summed E-state index contributed by atoms with van der Waals surface area (Å²) in [6.07, 6.45) is 1.93.